The average molecular weight is 269 g/mol. The van der Waals surface area contributed by atoms with E-state index in [0.717, 1.165) is 0 Å². The van der Waals surface area contributed by atoms with Gasteiger partial charge in [-0.2, -0.15) is 0 Å². The van der Waals surface area contributed by atoms with Crippen LogP contribution in [0.3, 0.4) is 0 Å². The van der Waals surface area contributed by atoms with Crippen molar-refractivity contribution in [1.82, 2.24) is 9.55 Å². The van der Waals surface area contributed by atoms with Crippen molar-refractivity contribution in [2.75, 3.05) is 5.32 Å². The molecule has 0 bridgehead atoms. The molecule has 20 heavy (non-hydrogen) atoms. The minimum Gasteiger partial charge on any atom is -0.381 e. The van der Waals surface area contributed by atoms with E-state index < -0.39 is 0 Å². The van der Waals surface area contributed by atoms with E-state index in [0.29, 0.717) is 11.5 Å². The molecule has 1 fully saturated rings. The van der Waals surface area contributed by atoms with Gasteiger partial charge < -0.3 is 9.88 Å². The zero-order chi connectivity index (χ0) is 14.0. The summed E-state index contributed by atoms with van der Waals surface area (Å²) in [5, 5.41) is 3.73. The van der Waals surface area contributed by atoms with Crippen molar-refractivity contribution in [2.24, 2.45) is 5.41 Å². The number of hydrogen-bond acceptors (Lipinski definition) is 2. The second kappa shape index (κ2) is 5.31. The summed E-state index contributed by atoms with van der Waals surface area (Å²) in [6.45, 7) is 4.76. The van der Waals surface area contributed by atoms with Gasteiger partial charge in [-0.15, -0.1) is 0 Å². The number of nitrogens with zero attached hydrogens (tertiary/aromatic N) is 2. The minimum absolute atomic E-state index is 0.516. The van der Waals surface area contributed by atoms with Crippen molar-refractivity contribution in [3.8, 4) is 5.69 Å². The van der Waals surface area contributed by atoms with Gasteiger partial charge >= 0.3 is 0 Å². The smallest absolute Gasteiger partial charge is 0.0992 e. The van der Waals surface area contributed by atoms with Gasteiger partial charge in [-0.05, 0) is 43.2 Å². The standard InChI is InChI=1S/C17H23N3/c1-17(2)9-7-14(8-10-17)19-15-5-3-4-6-16(15)20-12-11-18-13-20/h3-6,11-14,19H,7-10H2,1-2H3. The molecule has 1 aromatic heterocycles. The number of hydrogen-bond donors (Lipinski definition) is 1. The highest BCUT2D eigenvalue weighted by molar-refractivity contribution is 5.61. The maximum atomic E-state index is 4.14. The number of benzene rings is 1. The van der Waals surface area contributed by atoms with Gasteiger partial charge in [-0.3, -0.25) is 0 Å². The lowest BCUT2D eigenvalue weighted by atomic mass is 9.75. The molecule has 0 saturated heterocycles. The Morgan fingerprint density at radius 3 is 2.65 bits per heavy atom. The maximum absolute atomic E-state index is 4.14. The third kappa shape index (κ3) is 2.87. The van der Waals surface area contributed by atoms with Crippen molar-refractivity contribution in [2.45, 2.75) is 45.6 Å². The molecule has 3 rings (SSSR count). The van der Waals surface area contributed by atoms with Crippen LogP contribution in [0.1, 0.15) is 39.5 Å². The largest absolute Gasteiger partial charge is 0.381 e. The molecule has 1 aromatic carbocycles. The zero-order valence-electron chi connectivity index (χ0n) is 12.3. The first-order valence-corrected chi connectivity index (χ1v) is 7.48. The van der Waals surface area contributed by atoms with Crippen LogP contribution in [-0.2, 0) is 0 Å². The summed E-state index contributed by atoms with van der Waals surface area (Å²) in [6, 6.07) is 9.05. The van der Waals surface area contributed by atoms with Crippen molar-refractivity contribution in [3.63, 3.8) is 0 Å². The van der Waals surface area contributed by atoms with Crippen molar-refractivity contribution in [3.05, 3.63) is 43.0 Å². The lowest BCUT2D eigenvalue weighted by Gasteiger charge is -2.35. The molecule has 0 unspecified atom stereocenters. The molecule has 0 amide bonds. The molecule has 1 aliphatic rings. The number of para-hydroxylation sites is 2. The van der Waals surface area contributed by atoms with Crippen LogP contribution in [-0.4, -0.2) is 15.6 Å². The SMILES string of the molecule is CC1(C)CCC(Nc2ccccc2-n2ccnc2)CC1. The lowest BCUT2D eigenvalue weighted by Crippen LogP contribution is -2.30. The van der Waals surface area contributed by atoms with E-state index in [1.807, 2.05) is 18.7 Å². The van der Waals surface area contributed by atoms with Gasteiger partial charge in [0, 0.05) is 18.4 Å². The van der Waals surface area contributed by atoms with Gasteiger partial charge in [0.1, 0.15) is 0 Å². The molecule has 106 valence electrons. The normalized spacial score (nSPS) is 18.9. The van der Waals surface area contributed by atoms with Crippen LogP contribution in [0.15, 0.2) is 43.0 Å². The second-order valence-corrected chi connectivity index (χ2v) is 6.57. The Hall–Kier alpha value is -1.77. The fourth-order valence-electron chi connectivity index (χ4n) is 2.99. The maximum Gasteiger partial charge on any atom is 0.0992 e. The summed E-state index contributed by atoms with van der Waals surface area (Å²) < 4.78 is 2.06. The van der Waals surface area contributed by atoms with Crippen LogP contribution in [0.25, 0.3) is 5.69 Å². The molecule has 0 spiro atoms. The van der Waals surface area contributed by atoms with Gasteiger partial charge in [0.2, 0.25) is 0 Å². The van der Waals surface area contributed by atoms with Crippen molar-refractivity contribution in [1.29, 1.82) is 0 Å². The summed E-state index contributed by atoms with van der Waals surface area (Å²) in [4.78, 5) is 4.14. The Morgan fingerprint density at radius 2 is 1.95 bits per heavy atom. The number of rotatable bonds is 3. The van der Waals surface area contributed by atoms with Gasteiger partial charge in [-0.25, -0.2) is 4.98 Å². The Balaban J connectivity index is 1.75. The molecule has 3 heteroatoms. The molecule has 1 heterocycles. The Labute approximate surface area is 121 Å². The first kappa shape index (κ1) is 13.2. The number of imidazole rings is 1. The van der Waals surface area contributed by atoms with Crippen LogP contribution in [0, 0.1) is 5.41 Å². The quantitative estimate of drug-likeness (QED) is 0.902. The molecule has 1 saturated carbocycles. The second-order valence-electron chi connectivity index (χ2n) is 6.57. The fourth-order valence-corrected chi connectivity index (χ4v) is 2.99. The van der Waals surface area contributed by atoms with Crippen LogP contribution in [0.4, 0.5) is 5.69 Å². The Kier molecular flexibility index (Phi) is 3.51. The fraction of sp³-hybridized carbons (Fsp3) is 0.471. The molecule has 3 nitrogen and oxygen atoms in total. The molecular formula is C17H23N3. The summed E-state index contributed by atoms with van der Waals surface area (Å²) in [6.07, 6.45) is 10.8. The summed E-state index contributed by atoms with van der Waals surface area (Å²) in [7, 11) is 0. The third-order valence-electron chi connectivity index (χ3n) is 4.39. The first-order valence-electron chi connectivity index (χ1n) is 7.48. The Morgan fingerprint density at radius 1 is 1.20 bits per heavy atom. The van der Waals surface area contributed by atoms with E-state index >= 15 is 0 Å². The monoisotopic (exact) mass is 269 g/mol. The lowest BCUT2D eigenvalue weighted by molar-refractivity contribution is 0.232. The number of aromatic nitrogens is 2. The zero-order valence-corrected chi connectivity index (χ0v) is 12.3. The molecule has 0 atom stereocenters. The van der Waals surface area contributed by atoms with E-state index in [9.17, 15) is 0 Å². The van der Waals surface area contributed by atoms with E-state index in [1.54, 1.807) is 0 Å². The van der Waals surface area contributed by atoms with Gasteiger partial charge in [0.25, 0.3) is 0 Å². The van der Waals surface area contributed by atoms with Crippen LogP contribution in [0.2, 0.25) is 0 Å². The van der Waals surface area contributed by atoms with Crippen LogP contribution >= 0.6 is 0 Å². The van der Waals surface area contributed by atoms with Crippen molar-refractivity contribution < 1.29 is 0 Å². The topological polar surface area (TPSA) is 29.9 Å². The predicted octanol–water partition coefficient (Wildman–Crippen LogP) is 4.25. The van der Waals surface area contributed by atoms with E-state index in [-0.39, 0.29) is 0 Å². The molecule has 1 N–H and O–H groups in total. The average Bonchev–Trinajstić information content (AvgIpc) is 2.96. The summed E-state index contributed by atoms with van der Waals surface area (Å²) in [5.41, 5.74) is 2.90. The summed E-state index contributed by atoms with van der Waals surface area (Å²) in [5.74, 6) is 0. The minimum atomic E-state index is 0.516. The van der Waals surface area contributed by atoms with E-state index in [1.165, 1.54) is 37.1 Å². The highest BCUT2D eigenvalue weighted by Crippen LogP contribution is 2.36. The highest BCUT2D eigenvalue weighted by atomic mass is 15.1. The van der Waals surface area contributed by atoms with Crippen molar-refractivity contribution >= 4 is 5.69 Å². The van der Waals surface area contributed by atoms with Gasteiger partial charge in [0.15, 0.2) is 0 Å². The van der Waals surface area contributed by atoms with E-state index in [4.69, 9.17) is 0 Å². The molecule has 0 radical (unpaired) electrons. The third-order valence-corrected chi connectivity index (χ3v) is 4.39. The number of nitrogens with one attached hydrogen (secondary N) is 1. The highest BCUT2D eigenvalue weighted by Gasteiger charge is 2.26. The Bertz CT molecular complexity index is 547. The van der Waals surface area contributed by atoms with Gasteiger partial charge in [-0.1, -0.05) is 26.0 Å². The number of anilines is 1. The first-order chi connectivity index (χ1) is 9.64. The van der Waals surface area contributed by atoms with E-state index in [2.05, 4.69) is 53.0 Å². The van der Waals surface area contributed by atoms with Gasteiger partial charge in [0.05, 0.1) is 17.7 Å². The molecule has 2 aromatic rings. The molecular weight excluding hydrogens is 246 g/mol. The summed E-state index contributed by atoms with van der Waals surface area (Å²) >= 11 is 0. The molecule has 1 aliphatic carbocycles. The predicted molar refractivity (Wildman–Crippen MR) is 83.2 cm³/mol. The van der Waals surface area contributed by atoms with Crippen LogP contribution in [0.5, 0.6) is 0 Å². The molecule has 0 aliphatic heterocycles. The van der Waals surface area contributed by atoms with Crippen LogP contribution < -0.4 is 5.32 Å².